The standard InChI is InChI=1S/C29H54N4O5/c1-13-28(30,14-2)25(36)32-29(15-3,16-4)26(37)31-22(27(9,10)11)23(34)33(12)21(19(6)7)18-20(8)24(35)38-17-5/h18-19,21-22H,13-17,30H2,1-12H3,(H,31,37)(H,32,36)/t21-,22-/m1/s1. The van der Waals surface area contributed by atoms with E-state index in [1.165, 1.54) is 0 Å². The van der Waals surface area contributed by atoms with Crippen molar-refractivity contribution in [3.05, 3.63) is 11.6 Å². The summed E-state index contributed by atoms with van der Waals surface area (Å²) in [5.74, 6) is -1.53. The van der Waals surface area contributed by atoms with Crippen LogP contribution >= 0.6 is 0 Å². The molecule has 0 radical (unpaired) electrons. The maximum atomic E-state index is 13.9. The highest BCUT2D eigenvalue weighted by Gasteiger charge is 2.45. The van der Waals surface area contributed by atoms with Gasteiger partial charge in [-0.25, -0.2) is 4.79 Å². The highest BCUT2D eigenvalue weighted by Crippen LogP contribution is 2.26. The first-order valence-corrected chi connectivity index (χ1v) is 14.0. The van der Waals surface area contributed by atoms with Crippen LogP contribution in [0.15, 0.2) is 11.6 Å². The Hall–Kier alpha value is -2.42. The second-order valence-corrected chi connectivity index (χ2v) is 11.6. The number of carbonyl (C=O) groups is 4. The van der Waals surface area contributed by atoms with Crippen LogP contribution in [0.5, 0.6) is 0 Å². The highest BCUT2D eigenvalue weighted by atomic mass is 16.5. The van der Waals surface area contributed by atoms with Crippen LogP contribution in [0.1, 0.15) is 102 Å². The molecular formula is C29H54N4O5. The fourth-order valence-corrected chi connectivity index (χ4v) is 4.31. The lowest BCUT2D eigenvalue weighted by Gasteiger charge is -2.41. The van der Waals surface area contributed by atoms with Gasteiger partial charge in [-0.1, -0.05) is 68.4 Å². The third-order valence-electron chi connectivity index (χ3n) is 7.59. The molecule has 0 saturated carbocycles. The van der Waals surface area contributed by atoms with Gasteiger partial charge >= 0.3 is 5.97 Å². The van der Waals surface area contributed by atoms with E-state index in [0.717, 1.165) is 0 Å². The van der Waals surface area contributed by atoms with Gasteiger partial charge in [0, 0.05) is 12.6 Å². The molecule has 0 aromatic rings. The van der Waals surface area contributed by atoms with Crippen molar-refractivity contribution in [1.29, 1.82) is 0 Å². The van der Waals surface area contributed by atoms with E-state index in [-0.39, 0.29) is 24.3 Å². The van der Waals surface area contributed by atoms with Crippen LogP contribution in [0.25, 0.3) is 0 Å². The lowest BCUT2D eigenvalue weighted by Crippen LogP contribution is -2.67. The van der Waals surface area contributed by atoms with E-state index in [0.29, 0.717) is 31.3 Å². The number of carbonyl (C=O) groups excluding carboxylic acids is 4. The van der Waals surface area contributed by atoms with E-state index in [1.54, 1.807) is 31.9 Å². The number of hydrogen-bond acceptors (Lipinski definition) is 6. The monoisotopic (exact) mass is 538 g/mol. The van der Waals surface area contributed by atoms with Gasteiger partial charge in [0.25, 0.3) is 0 Å². The number of amides is 3. The van der Waals surface area contributed by atoms with Crippen LogP contribution in [-0.4, -0.2) is 65.4 Å². The first-order valence-electron chi connectivity index (χ1n) is 14.0. The molecule has 0 aromatic carbocycles. The summed E-state index contributed by atoms with van der Waals surface area (Å²) < 4.78 is 5.10. The predicted molar refractivity (Wildman–Crippen MR) is 152 cm³/mol. The zero-order valence-electron chi connectivity index (χ0n) is 25.9. The van der Waals surface area contributed by atoms with E-state index < -0.39 is 40.5 Å². The molecule has 0 rings (SSSR count). The fourth-order valence-electron chi connectivity index (χ4n) is 4.31. The summed E-state index contributed by atoms with van der Waals surface area (Å²) in [5, 5.41) is 5.89. The van der Waals surface area contributed by atoms with Crippen molar-refractivity contribution < 1.29 is 23.9 Å². The van der Waals surface area contributed by atoms with Crippen LogP contribution in [0.4, 0.5) is 0 Å². The van der Waals surface area contributed by atoms with Gasteiger partial charge < -0.3 is 26.0 Å². The molecule has 0 aliphatic carbocycles. The van der Waals surface area contributed by atoms with E-state index in [2.05, 4.69) is 10.6 Å². The van der Waals surface area contributed by atoms with Crippen molar-refractivity contribution in [2.45, 2.75) is 125 Å². The molecule has 0 unspecified atom stereocenters. The molecule has 0 bridgehead atoms. The first-order chi connectivity index (χ1) is 17.4. The number of likely N-dealkylation sites (N-methyl/N-ethyl adjacent to an activating group) is 1. The van der Waals surface area contributed by atoms with E-state index in [9.17, 15) is 19.2 Å². The molecule has 3 amide bonds. The maximum absolute atomic E-state index is 13.9. The van der Waals surface area contributed by atoms with Gasteiger partial charge in [0.15, 0.2) is 0 Å². The number of ether oxygens (including phenoxy) is 1. The van der Waals surface area contributed by atoms with Crippen LogP contribution in [0.2, 0.25) is 0 Å². The number of nitrogens with two attached hydrogens (primary N) is 1. The second kappa shape index (κ2) is 14.7. The number of nitrogens with one attached hydrogen (secondary N) is 2. The molecule has 2 atom stereocenters. The third kappa shape index (κ3) is 8.82. The number of hydrogen-bond donors (Lipinski definition) is 3. The Kier molecular flexibility index (Phi) is 13.7. The molecular weight excluding hydrogens is 484 g/mol. The molecule has 4 N–H and O–H groups in total. The zero-order valence-corrected chi connectivity index (χ0v) is 25.9. The van der Waals surface area contributed by atoms with E-state index in [1.807, 2.05) is 62.3 Å². The average Bonchev–Trinajstić information content (AvgIpc) is 2.86. The van der Waals surface area contributed by atoms with Gasteiger partial charge in [-0.05, 0) is 50.9 Å². The van der Waals surface area contributed by atoms with Gasteiger partial charge in [0.1, 0.15) is 11.6 Å². The van der Waals surface area contributed by atoms with E-state index in [4.69, 9.17) is 10.5 Å². The number of esters is 1. The molecule has 220 valence electrons. The molecule has 0 aliphatic rings. The van der Waals surface area contributed by atoms with E-state index >= 15 is 0 Å². The minimum absolute atomic E-state index is 0.00456. The average molecular weight is 539 g/mol. The van der Waals surface area contributed by atoms with Crippen molar-refractivity contribution in [1.82, 2.24) is 15.5 Å². The first kappa shape index (κ1) is 35.6. The van der Waals surface area contributed by atoms with Crippen LogP contribution in [-0.2, 0) is 23.9 Å². The fraction of sp³-hybridized carbons (Fsp3) is 0.793. The Morgan fingerprint density at radius 2 is 1.42 bits per heavy atom. The summed E-state index contributed by atoms with van der Waals surface area (Å²) in [6.45, 7) is 20.6. The summed E-state index contributed by atoms with van der Waals surface area (Å²) in [4.78, 5) is 54.6. The van der Waals surface area contributed by atoms with Crippen molar-refractivity contribution in [3.8, 4) is 0 Å². The van der Waals surface area contributed by atoms with Gasteiger partial charge in [-0.2, -0.15) is 0 Å². The Balaban J connectivity index is 6.28. The zero-order chi connectivity index (χ0) is 30.1. The third-order valence-corrected chi connectivity index (χ3v) is 7.59. The maximum Gasteiger partial charge on any atom is 0.333 e. The summed E-state index contributed by atoms with van der Waals surface area (Å²) in [5.41, 5.74) is 3.80. The molecule has 0 heterocycles. The largest absolute Gasteiger partial charge is 0.463 e. The molecule has 0 aliphatic heterocycles. The Labute approximate surface area is 230 Å². The van der Waals surface area contributed by atoms with Crippen LogP contribution in [0, 0.1) is 11.3 Å². The minimum Gasteiger partial charge on any atom is -0.463 e. The van der Waals surface area contributed by atoms with Crippen molar-refractivity contribution in [2.75, 3.05) is 13.7 Å². The summed E-state index contributed by atoms with van der Waals surface area (Å²) in [6, 6.07) is -1.28. The molecule has 9 heteroatoms. The predicted octanol–water partition coefficient (Wildman–Crippen LogP) is 3.70. The van der Waals surface area contributed by atoms with Crippen molar-refractivity contribution in [2.24, 2.45) is 17.1 Å². The lowest BCUT2D eigenvalue weighted by atomic mass is 9.83. The van der Waals surface area contributed by atoms with Gasteiger partial charge in [-0.3, -0.25) is 14.4 Å². The van der Waals surface area contributed by atoms with Crippen LogP contribution in [0.3, 0.4) is 0 Å². The number of nitrogens with zero attached hydrogens (tertiary/aromatic N) is 1. The molecule has 0 aromatic heterocycles. The van der Waals surface area contributed by atoms with Gasteiger partial charge in [0.2, 0.25) is 17.7 Å². The topological polar surface area (TPSA) is 131 Å². The van der Waals surface area contributed by atoms with Crippen molar-refractivity contribution in [3.63, 3.8) is 0 Å². The smallest absolute Gasteiger partial charge is 0.333 e. The lowest BCUT2D eigenvalue weighted by molar-refractivity contribution is -0.143. The van der Waals surface area contributed by atoms with Gasteiger partial charge in [0.05, 0.1) is 18.2 Å². The normalized spacial score (nSPS) is 14.5. The highest BCUT2D eigenvalue weighted by molar-refractivity contribution is 5.97. The second-order valence-electron chi connectivity index (χ2n) is 11.6. The Morgan fingerprint density at radius 1 is 0.921 bits per heavy atom. The molecule has 0 fully saturated rings. The molecule has 0 saturated heterocycles. The summed E-state index contributed by atoms with van der Waals surface area (Å²) >= 11 is 0. The Morgan fingerprint density at radius 3 is 1.79 bits per heavy atom. The van der Waals surface area contributed by atoms with Crippen molar-refractivity contribution >= 4 is 23.7 Å². The summed E-state index contributed by atoms with van der Waals surface area (Å²) in [7, 11) is 1.67. The van der Waals surface area contributed by atoms with Crippen LogP contribution < -0.4 is 16.4 Å². The SMILES string of the molecule is CCOC(=O)C(C)=C[C@H](C(C)C)N(C)C(=O)[C@@H](NC(=O)C(CC)(CC)NC(=O)C(N)(CC)CC)C(C)(C)C. The van der Waals surface area contributed by atoms with Gasteiger partial charge in [-0.15, -0.1) is 0 Å². The molecule has 0 spiro atoms. The number of rotatable bonds is 14. The summed E-state index contributed by atoms with van der Waals surface area (Å²) in [6.07, 6.45) is 3.28. The quantitative estimate of drug-likeness (QED) is 0.228. The molecule has 38 heavy (non-hydrogen) atoms. The Bertz CT molecular complexity index is 852. The minimum atomic E-state index is -1.22. The molecule has 9 nitrogen and oxygen atoms in total.